The van der Waals surface area contributed by atoms with Crippen LogP contribution in [0.25, 0.3) is 0 Å². The smallest absolute Gasteiger partial charge is 0.182 e. The van der Waals surface area contributed by atoms with E-state index < -0.39 is 41.3 Å². The van der Waals surface area contributed by atoms with Crippen LogP contribution in [0.4, 0.5) is 27.6 Å². The zero-order chi connectivity index (χ0) is 14.9. The lowest BCUT2D eigenvalue weighted by molar-refractivity contribution is 0.497. The fourth-order valence-corrected chi connectivity index (χ4v) is 1.97. The van der Waals surface area contributed by atoms with Crippen LogP contribution in [-0.2, 0) is 6.54 Å². The van der Waals surface area contributed by atoms with Gasteiger partial charge in [-0.3, -0.25) is 0 Å². The minimum atomic E-state index is -1.39. The Labute approximate surface area is 119 Å². The van der Waals surface area contributed by atoms with Crippen molar-refractivity contribution in [1.29, 1.82) is 0 Å². The molecule has 0 radical (unpaired) electrons. The van der Waals surface area contributed by atoms with E-state index >= 15 is 0 Å². The summed E-state index contributed by atoms with van der Waals surface area (Å²) in [5.74, 6) is -5.42. The zero-order valence-electron chi connectivity index (χ0n) is 9.78. The third-order valence-corrected chi connectivity index (χ3v) is 3.20. The highest BCUT2D eigenvalue weighted by Crippen LogP contribution is 2.24. The summed E-state index contributed by atoms with van der Waals surface area (Å²) < 4.78 is 66.4. The van der Waals surface area contributed by atoms with Crippen molar-refractivity contribution < 1.29 is 22.0 Å². The van der Waals surface area contributed by atoms with Crippen molar-refractivity contribution in [2.45, 2.75) is 6.54 Å². The van der Waals surface area contributed by atoms with Crippen molar-refractivity contribution in [3.63, 3.8) is 0 Å². The van der Waals surface area contributed by atoms with Crippen LogP contribution in [0.2, 0.25) is 0 Å². The summed E-state index contributed by atoms with van der Waals surface area (Å²) in [5.41, 5.74) is -0.885. The van der Waals surface area contributed by atoms with Crippen LogP contribution in [-0.4, -0.2) is 0 Å². The molecule has 2 aromatic carbocycles. The molecule has 2 rings (SSSR count). The van der Waals surface area contributed by atoms with E-state index in [9.17, 15) is 22.0 Å². The van der Waals surface area contributed by atoms with Crippen molar-refractivity contribution in [2.75, 3.05) is 5.32 Å². The number of hydrogen-bond donors (Lipinski definition) is 1. The molecule has 2 aromatic rings. The predicted octanol–water partition coefficient (Wildman–Crippen LogP) is 4.76. The van der Waals surface area contributed by atoms with Crippen LogP contribution in [0, 0.1) is 29.1 Å². The fourth-order valence-electron chi connectivity index (χ4n) is 1.60. The molecule has 0 aliphatic heterocycles. The van der Waals surface area contributed by atoms with Crippen molar-refractivity contribution >= 4 is 21.6 Å². The van der Waals surface area contributed by atoms with E-state index in [2.05, 4.69) is 21.2 Å². The first kappa shape index (κ1) is 14.8. The maximum absolute atomic E-state index is 13.7. The van der Waals surface area contributed by atoms with Gasteiger partial charge in [-0.25, -0.2) is 22.0 Å². The first-order chi connectivity index (χ1) is 9.40. The van der Waals surface area contributed by atoms with Crippen LogP contribution >= 0.6 is 15.9 Å². The summed E-state index contributed by atoms with van der Waals surface area (Å²) in [6.07, 6.45) is 0. The van der Waals surface area contributed by atoms with Gasteiger partial charge in [0.15, 0.2) is 11.6 Å². The lowest BCUT2D eigenvalue weighted by Gasteiger charge is -2.10. The average Bonchev–Trinajstić information content (AvgIpc) is 2.39. The summed E-state index contributed by atoms with van der Waals surface area (Å²) in [7, 11) is 0. The summed E-state index contributed by atoms with van der Waals surface area (Å²) in [6, 6.07) is 3.27. The molecular formula is C13H7BrF5N. The van der Waals surface area contributed by atoms with E-state index in [-0.39, 0.29) is 10.0 Å². The van der Waals surface area contributed by atoms with E-state index in [1.807, 2.05) is 0 Å². The fraction of sp³-hybridized carbons (Fsp3) is 0.0769. The van der Waals surface area contributed by atoms with E-state index in [1.54, 1.807) is 0 Å². The Balaban J connectivity index is 2.28. The van der Waals surface area contributed by atoms with Crippen LogP contribution in [0.15, 0.2) is 28.7 Å². The highest BCUT2D eigenvalue weighted by molar-refractivity contribution is 9.10. The van der Waals surface area contributed by atoms with Gasteiger partial charge in [0.1, 0.15) is 17.5 Å². The van der Waals surface area contributed by atoms with Gasteiger partial charge in [-0.15, -0.1) is 0 Å². The second-order valence-electron chi connectivity index (χ2n) is 3.92. The Morgan fingerprint density at radius 1 is 0.900 bits per heavy atom. The van der Waals surface area contributed by atoms with Crippen molar-refractivity contribution in [3.05, 3.63) is 63.4 Å². The molecule has 0 aliphatic rings. The van der Waals surface area contributed by atoms with Gasteiger partial charge in [0.25, 0.3) is 0 Å². The lowest BCUT2D eigenvalue weighted by Crippen LogP contribution is -2.07. The van der Waals surface area contributed by atoms with Gasteiger partial charge in [0.2, 0.25) is 0 Å². The molecule has 0 saturated heterocycles. The second-order valence-corrected chi connectivity index (χ2v) is 4.78. The molecular weight excluding hydrogens is 345 g/mol. The molecule has 0 aliphatic carbocycles. The molecule has 1 nitrogen and oxygen atoms in total. The van der Waals surface area contributed by atoms with Crippen LogP contribution in [0.5, 0.6) is 0 Å². The number of benzene rings is 2. The molecule has 0 unspecified atom stereocenters. The maximum Gasteiger partial charge on any atom is 0.182 e. The van der Waals surface area contributed by atoms with E-state index in [0.717, 1.165) is 6.07 Å². The van der Waals surface area contributed by atoms with E-state index in [0.29, 0.717) is 12.1 Å². The monoisotopic (exact) mass is 351 g/mol. The summed E-state index contributed by atoms with van der Waals surface area (Å²) in [4.78, 5) is 0. The van der Waals surface area contributed by atoms with Crippen LogP contribution < -0.4 is 5.32 Å². The quantitative estimate of drug-likeness (QED) is 0.621. The van der Waals surface area contributed by atoms with Crippen LogP contribution in [0.3, 0.4) is 0 Å². The summed E-state index contributed by atoms with van der Waals surface area (Å²) in [6.45, 7) is -0.461. The first-order valence-electron chi connectivity index (χ1n) is 5.41. The third kappa shape index (κ3) is 2.92. The molecule has 0 amide bonds. The predicted molar refractivity (Wildman–Crippen MR) is 67.7 cm³/mol. The number of anilines is 1. The number of hydrogen-bond acceptors (Lipinski definition) is 1. The standard InChI is InChI=1S/C13H7BrF5N/c14-8-1-2-9(16)7(12(8)18)5-20-11-4-6(15)3-10(17)13(11)19/h1-4,20H,5H2. The Kier molecular flexibility index (Phi) is 4.27. The maximum atomic E-state index is 13.7. The second kappa shape index (κ2) is 5.78. The molecule has 0 aromatic heterocycles. The van der Waals surface area contributed by atoms with Gasteiger partial charge in [0, 0.05) is 24.2 Å². The van der Waals surface area contributed by atoms with E-state index in [1.165, 1.54) is 6.07 Å². The Hall–Kier alpha value is -1.63. The summed E-state index contributed by atoms with van der Waals surface area (Å²) >= 11 is 2.88. The Bertz CT molecular complexity index is 660. The summed E-state index contributed by atoms with van der Waals surface area (Å²) in [5, 5.41) is 2.26. The third-order valence-electron chi connectivity index (χ3n) is 2.59. The molecule has 106 valence electrons. The van der Waals surface area contributed by atoms with Crippen molar-refractivity contribution in [2.24, 2.45) is 0 Å². The topological polar surface area (TPSA) is 12.0 Å². The molecule has 7 heteroatoms. The molecule has 0 fully saturated rings. The highest BCUT2D eigenvalue weighted by Gasteiger charge is 2.15. The van der Waals surface area contributed by atoms with Gasteiger partial charge in [-0.05, 0) is 28.1 Å². The van der Waals surface area contributed by atoms with Gasteiger partial charge < -0.3 is 5.32 Å². The van der Waals surface area contributed by atoms with E-state index in [4.69, 9.17) is 0 Å². The normalized spacial score (nSPS) is 10.7. The minimum Gasteiger partial charge on any atom is -0.378 e. The highest BCUT2D eigenvalue weighted by atomic mass is 79.9. The Morgan fingerprint density at radius 2 is 1.60 bits per heavy atom. The molecule has 1 N–H and O–H groups in total. The average molecular weight is 352 g/mol. The zero-order valence-corrected chi connectivity index (χ0v) is 11.4. The largest absolute Gasteiger partial charge is 0.378 e. The van der Waals surface area contributed by atoms with Crippen LogP contribution in [0.1, 0.15) is 5.56 Å². The minimum absolute atomic E-state index is 0.0293. The molecule has 0 heterocycles. The van der Waals surface area contributed by atoms with Gasteiger partial charge in [0.05, 0.1) is 10.2 Å². The van der Waals surface area contributed by atoms with Gasteiger partial charge >= 0.3 is 0 Å². The Morgan fingerprint density at radius 3 is 2.30 bits per heavy atom. The number of nitrogens with one attached hydrogen (secondary N) is 1. The molecule has 0 bridgehead atoms. The van der Waals surface area contributed by atoms with Crippen molar-refractivity contribution in [1.82, 2.24) is 0 Å². The first-order valence-corrected chi connectivity index (χ1v) is 6.20. The van der Waals surface area contributed by atoms with Crippen molar-refractivity contribution in [3.8, 4) is 0 Å². The SMILES string of the molecule is Fc1cc(F)c(F)c(NCc2c(F)ccc(Br)c2F)c1. The molecule has 20 heavy (non-hydrogen) atoms. The molecule has 0 spiro atoms. The lowest BCUT2D eigenvalue weighted by atomic mass is 10.2. The number of halogens is 6. The van der Waals surface area contributed by atoms with Gasteiger partial charge in [-0.1, -0.05) is 0 Å². The number of rotatable bonds is 3. The molecule has 0 atom stereocenters. The van der Waals surface area contributed by atoms with Gasteiger partial charge in [-0.2, -0.15) is 0 Å². The molecule has 0 saturated carbocycles.